The number of nitrogens with two attached hydrogens (primary N) is 1. The van der Waals surface area contributed by atoms with Gasteiger partial charge in [-0.05, 0) is 24.8 Å². The van der Waals surface area contributed by atoms with Crippen LogP contribution in [0.2, 0.25) is 0 Å². The number of rotatable bonds is 4. The number of amides is 1. The Labute approximate surface area is 98.7 Å². The maximum Gasteiger partial charge on any atom is 0.262 e. The lowest BCUT2D eigenvalue weighted by Gasteiger charge is -2.27. The maximum atomic E-state index is 11.8. The molecule has 1 amide bonds. The second-order valence-corrected chi connectivity index (χ2v) is 4.87. The van der Waals surface area contributed by atoms with E-state index in [4.69, 9.17) is 18.0 Å². The Balaban J connectivity index is 2.77. The molecule has 0 saturated heterocycles. The van der Waals surface area contributed by atoms with Crippen molar-refractivity contribution in [1.82, 2.24) is 5.32 Å². The van der Waals surface area contributed by atoms with Crippen LogP contribution < -0.4 is 11.1 Å². The highest BCUT2D eigenvalue weighted by Gasteiger charge is 2.28. The molecular formula is C10H14N2OS2. The quantitative estimate of drug-likeness (QED) is 0.793. The molecule has 0 fully saturated rings. The number of thiophene rings is 1. The van der Waals surface area contributed by atoms with Crippen LogP contribution in [0.5, 0.6) is 0 Å². The molecular weight excluding hydrogens is 228 g/mol. The molecule has 1 aromatic heterocycles. The van der Waals surface area contributed by atoms with Crippen molar-refractivity contribution >= 4 is 34.5 Å². The molecule has 1 atom stereocenters. The van der Waals surface area contributed by atoms with E-state index in [2.05, 4.69) is 5.32 Å². The summed E-state index contributed by atoms with van der Waals surface area (Å²) < 4.78 is 0. The van der Waals surface area contributed by atoms with Crippen molar-refractivity contribution in [1.29, 1.82) is 0 Å². The van der Waals surface area contributed by atoms with Crippen LogP contribution in [0, 0.1) is 0 Å². The van der Waals surface area contributed by atoms with Crippen LogP contribution in [0.25, 0.3) is 0 Å². The summed E-state index contributed by atoms with van der Waals surface area (Å²) in [6.45, 7) is 3.77. The van der Waals surface area contributed by atoms with E-state index in [1.165, 1.54) is 11.3 Å². The summed E-state index contributed by atoms with van der Waals surface area (Å²) in [6, 6.07) is 3.61. The van der Waals surface area contributed by atoms with E-state index in [9.17, 15) is 4.79 Å². The number of thiocarbonyl (C=S) groups is 1. The molecule has 3 nitrogen and oxygen atoms in total. The third kappa shape index (κ3) is 2.76. The molecule has 0 saturated carbocycles. The van der Waals surface area contributed by atoms with Crippen LogP contribution >= 0.6 is 23.6 Å². The number of hydrogen-bond acceptors (Lipinski definition) is 3. The van der Waals surface area contributed by atoms with Crippen molar-refractivity contribution in [3.05, 3.63) is 22.4 Å². The molecule has 1 aromatic rings. The average molecular weight is 242 g/mol. The number of hydrogen-bond donors (Lipinski definition) is 2. The van der Waals surface area contributed by atoms with Crippen LogP contribution in [0.4, 0.5) is 0 Å². The van der Waals surface area contributed by atoms with Crippen molar-refractivity contribution in [2.24, 2.45) is 5.73 Å². The maximum absolute atomic E-state index is 11.8. The molecule has 0 aliphatic carbocycles. The second-order valence-electron chi connectivity index (χ2n) is 3.48. The fraction of sp³-hybridized carbons (Fsp3) is 0.400. The van der Waals surface area contributed by atoms with Gasteiger partial charge < -0.3 is 11.1 Å². The zero-order valence-corrected chi connectivity index (χ0v) is 10.4. The van der Waals surface area contributed by atoms with Gasteiger partial charge in [-0.3, -0.25) is 4.79 Å². The molecule has 0 aliphatic heterocycles. The zero-order chi connectivity index (χ0) is 11.5. The van der Waals surface area contributed by atoms with E-state index < -0.39 is 5.54 Å². The third-order valence-corrected chi connectivity index (χ3v) is 3.70. The summed E-state index contributed by atoms with van der Waals surface area (Å²) in [5.74, 6) is -0.123. The SMILES string of the molecule is CCC(C)(NC(=O)c1cccs1)C(N)=S. The summed E-state index contributed by atoms with van der Waals surface area (Å²) in [6.07, 6.45) is 0.680. The molecule has 1 heterocycles. The number of carbonyl (C=O) groups excluding carboxylic acids is 1. The smallest absolute Gasteiger partial charge is 0.262 e. The highest BCUT2D eigenvalue weighted by Crippen LogP contribution is 2.14. The largest absolute Gasteiger partial charge is 0.391 e. The van der Waals surface area contributed by atoms with Crippen LogP contribution in [-0.2, 0) is 0 Å². The van der Waals surface area contributed by atoms with Gasteiger partial charge >= 0.3 is 0 Å². The van der Waals surface area contributed by atoms with Crippen molar-refractivity contribution < 1.29 is 4.79 Å². The molecule has 15 heavy (non-hydrogen) atoms. The predicted octanol–water partition coefficient (Wildman–Crippen LogP) is 1.93. The monoisotopic (exact) mass is 242 g/mol. The standard InChI is InChI=1S/C10H14N2OS2/c1-3-10(2,9(11)14)12-8(13)7-5-4-6-15-7/h4-6H,3H2,1-2H3,(H2,11,14)(H,12,13). The predicted molar refractivity (Wildman–Crippen MR) is 67.3 cm³/mol. The summed E-state index contributed by atoms with van der Waals surface area (Å²) in [7, 11) is 0. The lowest BCUT2D eigenvalue weighted by Crippen LogP contribution is -2.53. The highest BCUT2D eigenvalue weighted by atomic mass is 32.1. The Morgan fingerprint density at radius 3 is 2.80 bits per heavy atom. The Morgan fingerprint density at radius 1 is 1.73 bits per heavy atom. The molecule has 0 aromatic carbocycles. The van der Waals surface area contributed by atoms with Gasteiger partial charge in [0.1, 0.15) is 0 Å². The van der Waals surface area contributed by atoms with Gasteiger partial charge in [0.05, 0.1) is 15.4 Å². The topological polar surface area (TPSA) is 55.1 Å². The Bertz CT molecular complexity index is 362. The second kappa shape index (κ2) is 4.72. The molecule has 0 bridgehead atoms. The summed E-state index contributed by atoms with van der Waals surface area (Å²) in [5, 5.41) is 4.71. The number of carbonyl (C=O) groups is 1. The van der Waals surface area contributed by atoms with Gasteiger partial charge in [0.2, 0.25) is 0 Å². The highest BCUT2D eigenvalue weighted by molar-refractivity contribution is 7.80. The van der Waals surface area contributed by atoms with Gasteiger partial charge in [-0.25, -0.2) is 0 Å². The van der Waals surface area contributed by atoms with E-state index in [1.807, 2.05) is 25.3 Å². The van der Waals surface area contributed by atoms with Crippen molar-refractivity contribution in [3.63, 3.8) is 0 Å². The van der Waals surface area contributed by atoms with Gasteiger partial charge in [0.15, 0.2) is 0 Å². The van der Waals surface area contributed by atoms with Gasteiger partial charge in [-0.15, -0.1) is 11.3 Å². The fourth-order valence-corrected chi connectivity index (χ4v) is 1.86. The van der Waals surface area contributed by atoms with Crippen molar-refractivity contribution in [3.8, 4) is 0 Å². The first-order valence-corrected chi connectivity index (χ1v) is 5.94. The van der Waals surface area contributed by atoms with Crippen molar-refractivity contribution in [2.75, 3.05) is 0 Å². The van der Waals surface area contributed by atoms with Crippen LogP contribution in [0.1, 0.15) is 29.9 Å². The minimum Gasteiger partial charge on any atom is -0.391 e. The van der Waals surface area contributed by atoms with E-state index in [1.54, 1.807) is 6.07 Å². The molecule has 1 rings (SSSR count). The minimum absolute atomic E-state index is 0.123. The van der Waals surface area contributed by atoms with Gasteiger partial charge in [0, 0.05) is 0 Å². The summed E-state index contributed by atoms with van der Waals surface area (Å²) >= 11 is 6.34. The van der Waals surface area contributed by atoms with Crippen molar-refractivity contribution in [2.45, 2.75) is 25.8 Å². The van der Waals surface area contributed by atoms with Gasteiger partial charge in [-0.1, -0.05) is 25.2 Å². The third-order valence-electron chi connectivity index (χ3n) is 2.39. The molecule has 0 radical (unpaired) electrons. The Kier molecular flexibility index (Phi) is 3.82. The first kappa shape index (κ1) is 12.1. The Morgan fingerprint density at radius 2 is 2.40 bits per heavy atom. The van der Waals surface area contributed by atoms with Crippen LogP contribution in [0.3, 0.4) is 0 Å². The van der Waals surface area contributed by atoms with Gasteiger partial charge in [-0.2, -0.15) is 0 Å². The van der Waals surface area contributed by atoms with E-state index in [0.717, 1.165) is 0 Å². The lowest BCUT2D eigenvalue weighted by molar-refractivity contribution is 0.0930. The zero-order valence-electron chi connectivity index (χ0n) is 8.74. The first-order valence-electron chi connectivity index (χ1n) is 4.65. The molecule has 82 valence electrons. The fourth-order valence-electron chi connectivity index (χ4n) is 1.04. The van der Waals surface area contributed by atoms with E-state index >= 15 is 0 Å². The first-order chi connectivity index (χ1) is 6.99. The molecule has 0 aliphatic rings. The number of nitrogens with one attached hydrogen (secondary N) is 1. The summed E-state index contributed by atoms with van der Waals surface area (Å²) in [4.78, 5) is 12.8. The molecule has 1 unspecified atom stereocenters. The lowest BCUT2D eigenvalue weighted by atomic mass is 9.99. The van der Waals surface area contributed by atoms with Crippen LogP contribution in [0.15, 0.2) is 17.5 Å². The molecule has 0 spiro atoms. The summed E-state index contributed by atoms with van der Waals surface area (Å²) in [5.41, 5.74) is 5.00. The minimum atomic E-state index is -0.601. The molecule has 5 heteroatoms. The van der Waals surface area contributed by atoms with Crippen LogP contribution in [-0.4, -0.2) is 16.4 Å². The normalized spacial score (nSPS) is 14.3. The average Bonchev–Trinajstić information content (AvgIpc) is 2.70. The Hall–Kier alpha value is -0.940. The van der Waals surface area contributed by atoms with Gasteiger partial charge in [0.25, 0.3) is 5.91 Å². The molecule has 3 N–H and O–H groups in total. The van der Waals surface area contributed by atoms with E-state index in [-0.39, 0.29) is 5.91 Å². The van der Waals surface area contributed by atoms with E-state index in [0.29, 0.717) is 16.3 Å².